The van der Waals surface area contributed by atoms with Gasteiger partial charge in [0.05, 0.1) is 6.54 Å². The van der Waals surface area contributed by atoms with Gasteiger partial charge in [0.2, 0.25) is 0 Å². The van der Waals surface area contributed by atoms with E-state index in [-0.39, 0.29) is 24.7 Å². The Morgan fingerprint density at radius 1 is 1.13 bits per heavy atom. The third-order valence-corrected chi connectivity index (χ3v) is 5.46. The van der Waals surface area contributed by atoms with Crippen molar-refractivity contribution in [2.75, 3.05) is 13.1 Å². The summed E-state index contributed by atoms with van der Waals surface area (Å²) in [5, 5.41) is 15.1. The summed E-state index contributed by atoms with van der Waals surface area (Å²) in [7, 11) is 0. The molecule has 0 heterocycles. The van der Waals surface area contributed by atoms with Crippen LogP contribution in [0.4, 0.5) is 4.79 Å². The highest BCUT2D eigenvalue weighted by Gasteiger charge is 2.35. The second-order valence-corrected chi connectivity index (χ2v) is 6.96. The largest absolute Gasteiger partial charge is 0.480 e. The predicted octanol–water partition coefficient (Wildman–Crippen LogP) is 2.19. The first-order valence-corrected chi connectivity index (χ1v) is 9.06. The summed E-state index contributed by atoms with van der Waals surface area (Å²) >= 11 is 0. The third-order valence-electron chi connectivity index (χ3n) is 5.46. The van der Waals surface area contributed by atoms with Crippen molar-refractivity contribution in [3.05, 3.63) is 0 Å². The van der Waals surface area contributed by atoms with Crippen LogP contribution in [0.15, 0.2) is 0 Å². The van der Waals surface area contributed by atoms with Gasteiger partial charge in [0.25, 0.3) is 0 Å². The molecule has 0 saturated heterocycles. The molecule has 0 spiro atoms. The molecule has 2 rings (SSSR count). The number of carboxylic acids is 1. The molecule has 23 heavy (non-hydrogen) atoms. The maximum Gasteiger partial charge on any atom is 0.317 e. The van der Waals surface area contributed by atoms with Crippen LogP contribution in [0, 0.1) is 5.92 Å². The Morgan fingerprint density at radius 2 is 1.83 bits per heavy atom. The number of rotatable bonds is 7. The summed E-state index contributed by atoms with van der Waals surface area (Å²) in [5.41, 5.74) is 0. The number of likely N-dealkylation sites (N-methyl/N-ethyl adjacent to an activating group) is 1. The highest BCUT2D eigenvalue weighted by molar-refractivity contribution is 5.74. The van der Waals surface area contributed by atoms with Crippen molar-refractivity contribution in [3.63, 3.8) is 0 Å². The minimum absolute atomic E-state index is 0.0555. The van der Waals surface area contributed by atoms with Gasteiger partial charge in [-0.15, -0.1) is 0 Å². The van der Waals surface area contributed by atoms with Crippen LogP contribution in [0.5, 0.6) is 0 Å². The first-order chi connectivity index (χ1) is 11.0. The van der Waals surface area contributed by atoms with E-state index in [2.05, 4.69) is 17.6 Å². The Kier molecular flexibility index (Phi) is 6.69. The molecule has 2 fully saturated rings. The number of nitrogens with zero attached hydrogens (tertiary/aromatic N) is 1. The molecule has 2 amide bonds. The van der Waals surface area contributed by atoms with Crippen molar-refractivity contribution in [3.8, 4) is 0 Å². The van der Waals surface area contributed by atoms with Gasteiger partial charge in [0.1, 0.15) is 0 Å². The van der Waals surface area contributed by atoms with Crippen LogP contribution in [-0.2, 0) is 4.79 Å². The summed E-state index contributed by atoms with van der Waals surface area (Å²) in [5.74, 6) is -0.182. The lowest BCUT2D eigenvalue weighted by molar-refractivity contribution is -0.139. The van der Waals surface area contributed by atoms with Gasteiger partial charge >= 0.3 is 12.0 Å². The highest BCUT2D eigenvalue weighted by Crippen LogP contribution is 2.28. The maximum absolute atomic E-state index is 12.2. The van der Waals surface area contributed by atoms with Gasteiger partial charge in [-0.05, 0) is 38.1 Å². The lowest BCUT2D eigenvalue weighted by atomic mass is 9.83. The molecule has 0 aromatic carbocycles. The van der Waals surface area contributed by atoms with E-state index in [0.29, 0.717) is 12.0 Å². The molecule has 6 heteroatoms. The van der Waals surface area contributed by atoms with Crippen LogP contribution in [0.3, 0.4) is 0 Å². The average Bonchev–Trinajstić information content (AvgIpc) is 2.48. The lowest BCUT2D eigenvalue weighted by Gasteiger charge is -2.42. The van der Waals surface area contributed by atoms with Gasteiger partial charge in [-0.3, -0.25) is 9.69 Å². The molecule has 2 saturated carbocycles. The Balaban J connectivity index is 1.70. The average molecular weight is 325 g/mol. The Morgan fingerprint density at radius 3 is 2.43 bits per heavy atom. The van der Waals surface area contributed by atoms with Gasteiger partial charge in [0.15, 0.2) is 0 Å². The van der Waals surface area contributed by atoms with Crippen molar-refractivity contribution >= 4 is 12.0 Å². The number of aliphatic carboxylic acids is 1. The molecule has 2 aliphatic carbocycles. The maximum atomic E-state index is 12.2. The minimum atomic E-state index is -0.788. The predicted molar refractivity (Wildman–Crippen MR) is 89.4 cm³/mol. The Labute approximate surface area is 139 Å². The van der Waals surface area contributed by atoms with Crippen molar-refractivity contribution < 1.29 is 14.7 Å². The zero-order valence-electron chi connectivity index (χ0n) is 14.4. The molecule has 0 aromatic rings. The van der Waals surface area contributed by atoms with Gasteiger partial charge < -0.3 is 15.7 Å². The Bertz CT molecular complexity index is 410. The van der Waals surface area contributed by atoms with Crippen molar-refractivity contribution in [2.24, 2.45) is 5.92 Å². The van der Waals surface area contributed by atoms with Crippen LogP contribution in [0.2, 0.25) is 0 Å². The fourth-order valence-electron chi connectivity index (χ4n) is 3.96. The van der Waals surface area contributed by atoms with Crippen LogP contribution >= 0.6 is 0 Å². The first kappa shape index (κ1) is 18.0. The summed E-state index contributed by atoms with van der Waals surface area (Å²) in [6.07, 6.45) is 7.59. The number of carbonyl (C=O) groups is 2. The van der Waals surface area contributed by atoms with E-state index in [1.807, 2.05) is 11.8 Å². The smallest absolute Gasteiger partial charge is 0.317 e. The van der Waals surface area contributed by atoms with Crippen molar-refractivity contribution in [1.82, 2.24) is 15.5 Å². The van der Waals surface area contributed by atoms with Crippen LogP contribution < -0.4 is 10.6 Å². The van der Waals surface area contributed by atoms with Crippen LogP contribution in [0.1, 0.15) is 58.8 Å². The molecular formula is C17H31N3O3. The van der Waals surface area contributed by atoms with E-state index >= 15 is 0 Å². The highest BCUT2D eigenvalue weighted by atomic mass is 16.4. The van der Waals surface area contributed by atoms with E-state index in [1.54, 1.807) is 0 Å². The van der Waals surface area contributed by atoms with Crippen molar-refractivity contribution in [1.29, 1.82) is 0 Å². The monoisotopic (exact) mass is 325 g/mol. The quantitative estimate of drug-likeness (QED) is 0.670. The molecule has 0 aromatic heterocycles. The summed E-state index contributed by atoms with van der Waals surface area (Å²) in [6, 6.07) is 0.704. The number of carboxylic acid groups (broad SMARTS) is 1. The number of hydrogen-bond donors (Lipinski definition) is 3. The second-order valence-electron chi connectivity index (χ2n) is 6.96. The standard InChI is InChI=1S/C17H31N3O3/c1-3-12-7-5-6-8-15(12)19-17(23)18-13-9-14(10-13)20(4-2)11-16(21)22/h12-15H,3-11H2,1-2H3,(H,21,22)(H2,18,19,23). The molecule has 6 nitrogen and oxygen atoms in total. The topological polar surface area (TPSA) is 81.7 Å². The normalized spacial score (nSPS) is 30.6. The van der Waals surface area contributed by atoms with E-state index in [9.17, 15) is 9.59 Å². The molecule has 0 bridgehead atoms. The van der Waals surface area contributed by atoms with Crippen molar-refractivity contribution in [2.45, 2.75) is 76.9 Å². The number of nitrogens with one attached hydrogen (secondary N) is 2. The Hall–Kier alpha value is -1.30. The fourth-order valence-corrected chi connectivity index (χ4v) is 3.96. The SMILES string of the molecule is CCC1CCCCC1NC(=O)NC1CC(N(CC)CC(=O)O)C1. The number of carbonyl (C=O) groups excluding carboxylic acids is 1. The zero-order valence-corrected chi connectivity index (χ0v) is 14.4. The van der Waals surface area contributed by atoms with E-state index in [0.717, 1.165) is 32.2 Å². The van der Waals surface area contributed by atoms with Gasteiger partial charge in [-0.1, -0.05) is 33.1 Å². The first-order valence-electron chi connectivity index (χ1n) is 9.06. The molecule has 0 aliphatic heterocycles. The number of urea groups is 1. The molecule has 3 N–H and O–H groups in total. The van der Waals surface area contributed by atoms with E-state index < -0.39 is 5.97 Å². The third kappa shape index (κ3) is 5.09. The summed E-state index contributed by atoms with van der Waals surface area (Å²) in [6.45, 7) is 4.99. The van der Waals surface area contributed by atoms with Gasteiger partial charge in [-0.2, -0.15) is 0 Å². The van der Waals surface area contributed by atoms with E-state index in [4.69, 9.17) is 5.11 Å². The summed E-state index contributed by atoms with van der Waals surface area (Å²) in [4.78, 5) is 25.0. The molecule has 132 valence electrons. The van der Waals surface area contributed by atoms with Crippen LogP contribution in [0.25, 0.3) is 0 Å². The molecule has 2 atom stereocenters. The second kappa shape index (κ2) is 8.52. The minimum Gasteiger partial charge on any atom is -0.480 e. The number of amides is 2. The molecule has 2 aliphatic rings. The molecule has 2 unspecified atom stereocenters. The van der Waals surface area contributed by atoms with E-state index in [1.165, 1.54) is 19.3 Å². The van der Waals surface area contributed by atoms with Gasteiger partial charge in [-0.25, -0.2) is 4.79 Å². The lowest BCUT2D eigenvalue weighted by Crippen LogP contribution is -2.57. The number of hydrogen-bond acceptors (Lipinski definition) is 3. The molecular weight excluding hydrogens is 294 g/mol. The van der Waals surface area contributed by atoms with Crippen LogP contribution in [-0.4, -0.2) is 53.2 Å². The molecule has 0 radical (unpaired) electrons. The summed E-state index contributed by atoms with van der Waals surface area (Å²) < 4.78 is 0. The zero-order chi connectivity index (χ0) is 16.8. The van der Waals surface area contributed by atoms with Gasteiger partial charge in [0, 0.05) is 18.1 Å². The fraction of sp³-hybridized carbons (Fsp3) is 0.882.